The number of anilines is 1. The standard InChI is InChI=1S/C19H25N3OS2/c1-14-6-3-4-7-16(14)21-19(24)20-15(2)18(17-8-5-13-25-17)22-9-11-23-12-10-22/h3-8,13,15,18H,9-12H2,1-2H3,(H2,20,21,24)/p+1/t15-,18+/m0/s1. The lowest BCUT2D eigenvalue weighted by Gasteiger charge is -2.35. The van der Waals surface area contributed by atoms with E-state index in [0.29, 0.717) is 11.2 Å². The molecule has 2 heterocycles. The summed E-state index contributed by atoms with van der Waals surface area (Å²) in [6.07, 6.45) is 0. The molecule has 1 aromatic heterocycles. The molecule has 0 amide bonds. The zero-order valence-corrected chi connectivity index (χ0v) is 16.4. The molecule has 0 saturated carbocycles. The fourth-order valence-electron chi connectivity index (χ4n) is 3.38. The Labute approximate surface area is 159 Å². The van der Waals surface area contributed by atoms with Crippen molar-refractivity contribution in [3.05, 3.63) is 52.2 Å². The third kappa shape index (κ3) is 4.79. The topological polar surface area (TPSA) is 37.7 Å². The number of ether oxygens (including phenoxy) is 1. The van der Waals surface area contributed by atoms with Gasteiger partial charge in [-0.25, -0.2) is 0 Å². The molecule has 4 nitrogen and oxygen atoms in total. The molecule has 0 unspecified atom stereocenters. The van der Waals surface area contributed by atoms with Crippen molar-refractivity contribution in [2.75, 3.05) is 31.6 Å². The Bertz CT molecular complexity index is 684. The number of hydrogen-bond donors (Lipinski definition) is 3. The van der Waals surface area contributed by atoms with Crippen LogP contribution in [0.15, 0.2) is 41.8 Å². The largest absolute Gasteiger partial charge is 0.370 e. The fourth-order valence-corrected chi connectivity index (χ4v) is 4.66. The summed E-state index contributed by atoms with van der Waals surface area (Å²) in [6.45, 7) is 8.03. The lowest BCUT2D eigenvalue weighted by Crippen LogP contribution is -3.15. The molecule has 1 aliphatic heterocycles. The highest BCUT2D eigenvalue weighted by Crippen LogP contribution is 2.20. The molecule has 3 rings (SSSR count). The number of para-hydroxylation sites is 1. The summed E-state index contributed by atoms with van der Waals surface area (Å²) >= 11 is 7.39. The van der Waals surface area contributed by atoms with Crippen LogP contribution < -0.4 is 15.5 Å². The molecule has 3 N–H and O–H groups in total. The molecule has 1 aliphatic rings. The number of thiophene rings is 1. The van der Waals surface area contributed by atoms with E-state index in [1.54, 1.807) is 4.90 Å². The van der Waals surface area contributed by atoms with Crippen LogP contribution in [0.3, 0.4) is 0 Å². The van der Waals surface area contributed by atoms with Gasteiger partial charge in [-0.05, 0) is 49.1 Å². The second kappa shape index (κ2) is 8.76. The average Bonchev–Trinajstić information content (AvgIpc) is 3.12. The van der Waals surface area contributed by atoms with Gasteiger partial charge in [-0.2, -0.15) is 0 Å². The summed E-state index contributed by atoms with van der Waals surface area (Å²) in [5.41, 5.74) is 2.24. The second-order valence-corrected chi connectivity index (χ2v) is 7.85. The molecule has 25 heavy (non-hydrogen) atoms. The highest BCUT2D eigenvalue weighted by molar-refractivity contribution is 7.80. The average molecular weight is 377 g/mol. The number of aryl methyl sites for hydroxylation is 1. The van der Waals surface area contributed by atoms with Crippen LogP contribution in [0, 0.1) is 6.92 Å². The summed E-state index contributed by atoms with van der Waals surface area (Å²) in [6, 6.07) is 13.2. The van der Waals surface area contributed by atoms with Gasteiger partial charge in [-0.1, -0.05) is 24.3 Å². The van der Waals surface area contributed by atoms with Crippen molar-refractivity contribution in [2.45, 2.75) is 25.9 Å². The van der Waals surface area contributed by atoms with E-state index in [9.17, 15) is 0 Å². The van der Waals surface area contributed by atoms with Gasteiger partial charge in [-0.15, -0.1) is 11.3 Å². The van der Waals surface area contributed by atoms with Crippen molar-refractivity contribution in [1.82, 2.24) is 5.32 Å². The van der Waals surface area contributed by atoms with E-state index in [1.165, 1.54) is 10.4 Å². The van der Waals surface area contributed by atoms with Crippen LogP contribution in [-0.4, -0.2) is 37.5 Å². The summed E-state index contributed by atoms with van der Waals surface area (Å²) < 4.78 is 5.54. The van der Waals surface area contributed by atoms with Gasteiger partial charge < -0.3 is 20.3 Å². The second-order valence-electron chi connectivity index (χ2n) is 6.47. The van der Waals surface area contributed by atoms with E-state index in [4.69, 9.17) is 17.0 Å². The fraction of sp³-hybridized carbons (Fsp3) is 0.421. The van der Waals surface area contributed by atoms with Crippen molar-refractivity contribution in [3.8, 4) is 0 Å². The molecule has 0 spiro atoms. The first-order chi connectivity index (χ1) is 12.1. The Morgan fingerprint density at radius 2 is 1.96 bits per heavy atom. The minimum absolute atomic E-state index is 0.232. The Morgan fingerprint density at radius 1 is 1.20 bits per heavy atom. The number of rotatable bonds is 5. The molecular formula is C19H26N3OS2+. The molecule has 6 heteroatoms. The molecule has 0 radical (unpaired) electrons. The predicted octanol–water partition coefficient (Wildman–Crippen LogP) is 2.39. The molecule has 1 aromatic carbocycles. The lowest BCUT2D eigenvalue weighted by molar-refractivity contribution is -0.939. The number of morpholine rings is 1. The summed E-state index contributed by atoms with van der Waals surface area (Å²) in [5.74, 6) is 0. The van der Waals surface area contributed by atoms with Crippen LogP contribution in [0.1, 0.15) is 23.4 Å². The van der Waals surface area contributed by atoms with Crippen molar-refractivity contribution in [3.63, 3.8) is 0 Å². The molecule has 0 bridgehead atoms. The minimum atomic E-state index is 0.232. The SMILES string of the molecule is Cc1ccccc1NC(=S)N[C@@H](C)[C@H](c1cccs1)[NH+]1CCOCC1. The number of quaternary nitrogens is 1. The molecule has 2 atom stereocenters. The normalized spacial score (nSPS) is 17.7. The first-order valence-corrected chi connectivity index (χ1v) is 10.0. The summed E-state index contributed by atoms with van der Waals surface area (Å²) in [5, 5.41) is 9.67. The number of benzene rings is 1. The van der Waals surface area contributed by atoms with E-state index in [-0.39, 0.29) is 6.04 Å². The third-order valence-corrected chi connectivity index (χ3v) is 5.85. The van der Waals surface area contributed by atoms with E-state index in [1.807, 2.05) is 23.5 Å². The van der Waals surface area contributed by atoms with Gasteiger partial charge in [0.2, 0.25) is 0 Å². The minimum Gasteiger partial charge on any atom is -0.370 e. The maximum absolute atomic E-state index is 5.57. The molecule has 0 aliphatic carbocycles. The Hall–Kier alpha value is -1.47. The van der Waals surface area contributed by atoms with E-state index >= 15 is 0 Å². The van der Waals surface area contributed by atoms with Crippen LogP contribution >= 0.6 is 23.6 Å². The zero-order chi connectivity index (χ0) is 17.6. The monoisotopic (exact) mass is 376 g/mol. The van der Waals surface area contributed by atoms with Gasteiger partial charge in [-0.3, -0.25) is 0 Å². The maximum atomic E-state index is 5.57. The van der Waals surface area contributed by atoms with E-state index in [0.717, 1.165) is 32.0 Å². The Kier molecular flexibility index (Phi) is 6.42. The van der Waals surface area contributed by atoms with E-state index in [2.05, 4.69) is 54.1 Å². The van der Waals surface area contributed by atoms with Crippen molar-refractivity contribution >= 4 is 34.4 Å². The molecular weight excluding hydrogens is 350 g/mol. The van der Waals surface area contributed by atoms with Gasteiger partial charge in [0.25, 0.3) is 0 Å². The van der Waals surface area contributed by atoms with Gasteiger partial charge in [0.05, 0.1) is 24.1 Å². The first-order valence-electron chi connectivity index (χ1n) is 8.74. The van der Waals surface area contributed by atoms with E-state index < -0.39 is 0 Å². The summed E-state index contributed by atoms with van der Waals surface area (Å²) in [7, 11) is 0. The van der Waals surface area contributed by atoms with Crippen LogP contribution in [0.25, 0.3) is 0 Å². The smallest absolute Gasteiger partial charge is 0.171 e. The van der Waals surface area contributed by atoms with Crippen molar-refractivity contribution in [1.29, 1.82) is 0 Å². The maximum Gasteiger partial charge on any atom is 0.171 e. The van der Waals surface area contributed by atoms with Crippen LogP contribution in [0.2, 0.25) is 0 Å². The highest BCUT2D eigenvalue weighted by atomic mass is 32.1. The van der Waals surface area contributed by atoms with Crippen molar-refractivity contribution < 1.29 is 9.64 Å². The lowest BCUT2D eigenvalue weighted by atomic mass is 10.1. The van der Waals surface area contributed by atoms with Crippen LogP contribution in [0.4, 0.5) is 5.69 Å². The van der Waals surface area contributed by atoms with Crippen molar-refractivity contribution in [2.24, 2.45) is 0 Å². The predicted molar refractivity (Wildman–Crippen MR) is 109 cm³/mol. The van der Waals surface area contributed by atoms with Crippen LogP contribution in [0.5, 0.6) is 0 Å². The molecule has 134 valence electrons. The molecule has 2 aromatic rings. The van der Waals surface area contributed by atoms with Gasteiger partial charge >= 0.3 is 0 Å². The van der Waals surface area contributed by atoms with Gasteiger partial charge in [0.1, 0.15) is 19.1 Å². The Morgan fingerprint density at radius 3 is 2.64 bits per heavy atom. The van der Waals surface area contributed by atoms with Gasteiger partial charge in [0.15, 0.2) is 5.11 Å². The number of nitrogens with one attached hydrogen (secondary N) is 3. The summed E-state index contributed by atoms with van der Waals surface area (Å²) in [4.78, 5) is 2.96. The zero-order valence-electron chi connectivity index (χ0n) is 14.7. The third-order valence-electron chi connectivity index (χ3n) is 4.68. The van der Waals surface area contributed by atoms with Gasteiger partial charge in [0, 0.05) is 5.69 Å². The highest BCUT2D eigenvalue weighted by Gasteiger charge is 2.32. The van der Waals surface area contributed by atoms with Crippen LogP contribution in [-0.2, 0) is 4.74 Å². The quantitative estimate of drug-likeness (QED) is 0.701. The molecule has 1 saturated heterocycles. The first kappa shape index (κ1) is 18.3. The number of hydrogen-bond acceptors (Lipinski definition) is 3. The molecule has 1 fully saturated rings. The number of thiocarbonyl (C=S) groups is 1. The Balaban J connectivity index is 1.68.